The van der Waals surface area contributed by atoms with Crippen molar-refractivity contribution in [2.45, 2.75) is 55.1 Å². The van der Waals surface area contributed by atoms with Crippen molar-refractivity contribution in [2.24, 2.45) is 0 Å². The van der Waals surface area contributed by atoms with Crippen LogP contribution in [-0.4, -0.2) is 49.3 Å². The highest BCUT2D eigenvalue weighted by atomic mass is 35.5. The Bertz CT molecular complexity index is 758. The number of hydrogen-bond acceptors (Lipinski definition) is 4. The fraction of sp³-hybridized carbons (Fsp3) is 0.632. The predicted octanol–water partition coefficient (Wildman–Crippen LogP) is 3.92. The van der Waals surface area contributed by atoms with E-state index in [1.165, 1.54) is 54.6 Å². The monoisotopic (exact) mass is 430 g/mol. The van der Waals surface area contributed by atoms with Crippen molar-refractivity contribution in [1.82, 2.24) is 9.62 Å². The molecule has 1 heterocycles. The van der Waals surface area contributed by atoms with E-state index in [1.807, 2.05) is 11.8 Å². The smallest absolute Gasteiger partial charge is 0.252 e. The Labute approximate surface area is 171 Å². The number of amides is 1. The Morgan fingerprint density at radius 1 is 1.15 bits per heavy atom. The van der Waals surface area contributed by atoms with Gasteiger partial charge >= 0.3 is 0 Å². The van der Waals surface area contributed by atoms with Gasteiger partial charge in [-0.05, 0) is 43.9 Å². The number of thioether (sulfide) groups is 1. The van der Waals surface area contributed by atoms with Crippen molar-refractivity contribution < 1.29 is 13.2 Å². The topological polar surface area (TPSA) is 66.5 Å². The second-order valence-corrected chi connectivity index (χ2v) is 10.9. The molecule has 0 aromatic heterocycles. The number of rotatable bonds is 7. The summed E-state index contributed by atoms with van der Waals surface area (Å²) in [6.07, 6.45) is 8.22. The highest BCUT2D eigenvalue weighted by Gasteiger charge is 2.28. The quantitative estimate of drug-likeness (QED) is 0.665. The van der Waals surface area contributed by atoms with Gasteiger partial charge in [0.05, 0.1) is 15.5 Å². The van der Waals surface area contributed by atoms with Gasteiger partial charge in [-0.3, -0.25) is 4.79 Å². The normalized spacial score (nSPS) is 19.3. The van der Waals surface area contributed by atoms with Crippen LogP contribution in [0.25, 0.3) is 0 Å². The lowest BCUT2D eigenvalue weighted by molar-refractivity contribution is 0.0956. The summed E-state index contributed by atoms with van der Waals surface area (Å²) in [5.74, 6) is 0.544. The summed E-state index contributed by atoms with van der Waals surface area (Å²) in [6.45, 7) is 1.62. The van der Waals surface area contributed by atoms with E-state index in [9.17, 15) is 13.2 Å². The lowest BCUT2D eigenvalue weighted by atomic mass is 10.0. The molecule has 2 fully saturated rings. The summed E-state index contributed by atoms with van der Waals surface area (Å²) >= 11 is 8.07. The minimum atomic E-state index is -3.56. The number of carbonyl (C=O) groups is 1. The van der Waals surface area contributed by atoms with Crippen molar-refractivity contribution in [3.05, 3.63) is 28.8 Å². The standard InChI is InChI=1S/C19H27ClN2O3S2/c20-18-9-8-16(27(24,25)22-11-4-5-12-22)14-17(18)19(23)21-10-13-26-15-6-2-1-3-7-15/h8-9,14-15H,1-7,10-13H2,(H,21,23). The third-order valence-corrected chi connectivity index (χ3v) is 8.79. The molecule has 8 heteroatoms. The van der Waals surface area contributed by atoms with Gasteiger partial charge in [0.15, 0.2) is 0 Å². The van der Waals surface area contributed by atoms with Crippen molar-refractivity contribution in [3.8, 4) is 0 Å². The molecule has 1 aromatic carbocycles. The van der Waals surface area contributed by atoms with Crippen molar-refractivity contribution in [3.63, 3.8) is 0 Å². The molecule has 5 nitrogen and oxygen atoms in total. The van der Waals surface area contributed by atoms with Gasteiger partial charge in [-0.1, -0.05) is 30.9 Å². The zero-order chi connectivity index (χ0) is 19.3. The first-order chi connectivity index (χ1) is 13.0. The largest absolute Gasteiger partial charge is 0.351 e. The summed E-state index contributed by atoms with van der Waals surface area (Å²) in [5.41, 5.74) is 0.222. The van der Waals surface area contributed by atoms with Crippen LogP contribution in [0.2, 0.25) is 5.02 Å². The highest BCUT2D eigenvalue weighted by Crippen LogP contribution is 2.28. The predicted molar refractivity (Wildman–Crippen MR) is 111 cm³/mol. The van der Waals surface area contributed by atoms with Crippen LogP contribution in [0.4, 0.5) is 0 Å². The number of halogens is 1. The van der Waals surface area contributed by atoms with Crippen LogP contribution in [0.5, 0.6) is 0 Å². The van der Waals surface area contributed by atoms with Gasteiger partial charge in [-0.15, -0.1) is 0 Å². The Kier molecular flexibility index (Phi) is 7.48. The molecule has 150 valence electrons. The summed E-state index contributed by atoms with van der Waals surface area (Å²) in [7, 11) is -3.56. The summed E-state index contributed by atoms with van der Waals surface area (Å²) in [4.78, 5) is 12.6. The van der Waals surface area contributed by atoms with E-state index in [0.29, 0.717) is 24.9 Å². The molecule has 27 heavy (non-hydrogen) atoms. The van der Waals surface area contributed by atoms with Gasteiger partial charge in [-0.2, -0.15) is 16.1 Å². The second kappa shape index (κ2) is 9.63. The summed E-state index contributed by atoms with van der Waals surface area (Å²) in [5, 5.41) is 3.85. The first kappa shape index (κ1) is 21.0. The molecule has 1 saturated heterocycles. The molecule has 1 amide bonds. The van der Waals surface area contributed by atoms with E-state index in [0.717, 1.165) is 18.6 Å². The van der Waals surface area contributed by atoms with E-state index in [2.05, 4.69) is 5.32 Å². The van der Waals surface area contributed by atoms with E-state index >= 15 is 0 Å². The van der Waals surface area contributed by atoms with Crippen LogP contribution in [-0.2, 0) is 10.0 Å². The average Bonchev–Trinajstić information content (AvgIpc) is 3.22. The molecule has 0 radical (unpaired) electrons. The minimum Gasteiger partial charge on any atom is -0.351 e. The van der Waals surface area contributed by atoms with Crippen molar-refractivity contribution in [2.75, 3.05) is 25.4 Å². The molecule has 2 aliphatic rings. The molecule has 1 N–H and O–H groups in total. The third-order valence-electron chi connectivity index (χ3n) is 5.18. The lowest BCUT2D eigenvalue weighted by Gasteiger charge is -2.21. The van der Waals surface area contributed by atoms with Crippen LogP contribution >= 0.6 is 23.4 Å². The van der Waals surface area contributed by atoms with Gasteiger partial charge in [0.1, 0.15) is 0 Å². The van der Waals surface area contributed by atoms with Crippen LogP contribution in [0.15, 0.2) is 23.1 Å². The maximum Gasteiger partial charge on any atom is 0.252 e. The Balaban J connectivity index is 1.59. The van der Waals surface area contributed by atoms with Crippen LogP contribution in [0.3, 0.4) is 0 Å². The average molecular weight is 431 g/mol. The highest BCUT2D eigenvalue weighted by molar-refractivity contribution is 7.99. The molecular formula is C19H27ClN2O3S2. The Hall–Kier alpha value is -0.760. The zero-order valence-corrected chi connectivity index (χ0v) is 17.8. The molecule has 0 bridgehead atoms. The molecule has 1 aromatic rings. The first-order valence-corrected chi connectivity index (χ1v) is 12.5. The van der Waals surface area contributed by atoms with Crippen LogP contribution < -0.4 is 5.32 Å². The molecular weight excluding hydrogens is 404 g/mol. The number of nitrogens with zero attached hydrogens (tertiary/aromatic N) is 1. The zero-order valence-electron chi connectivity index (χ0n) is 15.5. The van der Waals surface area contributed by atoms with E-state index in [-0.39, 0.29) is 21.4 Å². The fourth-order valence-electron chi connectivity index (χ4n) is 3.63. The van der Waals surface area contributed by atoms with Gasteiger partial charge in [0.2, 0.25) is 10.0 Å². The SMILES string of the molecule is O=C(NCCSC1CCCCC1)c1cc(S(=O)(=O)N2CCCC2)ccc1Cl. The number of sulfonamides is 1. The van der Waals surface area contributed by atoms with Gasteiger partial charge in [0.25, 0.3) is 5.91 Å². The fourth-order valence-corrected chi connectivity index (χ4v) is 6.60. The summed E-state index contributed by atoms with van der Waals surface area (Å²) < 4.78 is 26.9. The number of carbonyl (C=O) groups excluding carboxylic acids is 1. The number of hydrogen-bond donors (Lipinski definition) is 1. The molecule has 1 aliphatic heterocycles. The molecule has 0 atom stereocenters. The van der Waals surface area contributed by atoms with Gasteiger partial charge < -0.3 is 5.32 Å². The van der Waals surface area contributed by atoms with Gasteiger partial charge in [0, 0.05) is 30.6 Å². The van der Waals surface area contributed by atoms with Crippen molar-refractivity contribution in [1.29, 1.82) is 0 Å². The second-order valence-electron chi connectivity index (χ2n) is 7.14. The lowest BCUT2D eigenvalue weighted by Crippen LogP contribution is -2.29. The number of nitrogens with one attached hydrogen (secondary N) is 1. The molecule has 1 aliphatic carbocycles. The van der Waals surface area contributed by atoms with Crippen LogP contribution in [0.1, 0.15) is 55.3 Å². The maximum absolute atomic E-state index is 12.7. The Morgan fingerprint density at radius 3 is 2.56 bits per heavy atom. The molecule has 1 saturated carbocycles. The summed E-state index contributed by atoms with van der Waals surface area (Å²) in [6, 6.07) is 4.38. The number of benzene rings is 1. The van der Waals surface area contributed by atoms with E-state index in [4.69, 9.17) is 11.6 Å². The molecule has 3 rings (SSSR count). The molecule has 0 unspecified atom stereocenters. The third kappa shape index (κ3) is 5.40. The van der Waals surface area contributed by atoms with Crippen LogP contribution in [0, 0.1) is 0 Å². The maximum atomic E-state index is 12.7. The van der Waals surface area contributed by atoms with E-state index < -0.39 is 10.0 Å². The van der Waals surface area contributed by atoms with Crippen molar-refractivity contribution >= 4 is 39.3 Å². The van der Waals surface area contributed by atoms with Gasteiger partial charge in [-0.25, -0.2) is 8.42 Å². The first-order valence-electron chi connectivity index (χ1n) is 9.68. The molecule has 0 spiro atoms. The van der Waals surface area contributed by atoms with E-state index in [1.54, 1.807) is 0 Å². The Morgan fingerprint density at radius 2 is 1.85 bits per heavy atom. The minimum absolute atomic E-state index is 0.135.